The molecule has 5 heteroatoms. The fourth-order valence-corrected chi connectivity index (χ4v) is 2.28. The molecule has 1 aromatic heterocycles. The van der Waals surface area contributed by atoms with Gasteiger partial charge in [0.15, 0.2) is 0 Å². The van der Waals surface area contributed by atoms with E-state index >= 15 is 0 Å². The minimum Gasteiger partial charge on any atom is -0.507 e. The van der Waals surface area contributed by atoms with Gasteiger partial charge in [-0.1, -0.05) is 23.5 Å². The molecule has 2 aromatic rings. The van der Waals surface area contributed by atoms with Gasteiger partial charge in [-0.15, -0.1) is 10.2 Å². The predicted molar refractivity (Wildman–Crippen MR) is 69.6 cm³/mol. The van der Waals surface area contributed by atoms with E-state index in [-0.39, 0.29) is 0 Å². The van der Waals surface area contributed by atoms with Crippen LogP contribution in [0.5, 0.6) is 5.75 Å². The van der Waals surface area contributed by atoms with E-state index in [0.717, 1.165) is 26.8 Å². The Balaban J connectivity index is 2.09. The highest BCUT2D eigenvalue weighted by Gasteiger charge is 2.04. The minimum atomic E-state index is 0.375. The molecule has 1 aromatic carbocycles. The molecule has 90 valence electrons. The van der Waals surface area contributed by atoms with Gasteiger partial charge in [-0.25, -0.2) is 0 Å². The van der Waals surface area contributed by atoms with E-state index in [1.54, 1.807) is 0 Å². The molecular weight excluding hydrogens is 234 g/mol. The predicted octanol–water partition coefficient (Wildman–Crippen LogP) is 2.78. The van der Waals surface area contributed by atoms with E-state index in [1.807, 2.05) is 32.9 Å². The molecule has 0 fully saturated rings. The lowest BCUT2D eigenvalue weighted by Gasteiger charge is -2.08. The highest BCUT2D eigenvalue weighted by Crippen LogP contribution is 2.23. The Hall–Kier alpha value is -1.62. The topological polar surface area (TPSA) is 58.0 Å². The van der Waals surface area contributed by atoms with Gasteiger partial charge in [0, 0.05) is 6.54 Å². The fourth-order valence-electron chi connectivity index (χ4n) is 1.69. The van der Waals surface area contributed by atoms with Crippen molar-refractivity contribution in [3.63, 3.8) is 0 Å². The van der Waals surface area contributed by atoms with Gasteiger partial charge in [0.1, 0.15) is 10.8 Å². The molecule has 0 unspecified atom stereocenters. The molecule has 0 aliphatic carbocycles. The summed E-state index contributed by atoms with van der Waals surface area (Å²) < 4.78 is 0. The molecule has 0 saturated carbocycles. The van der Waals surface area contributed by atoms with Crippen LogP contribution < -0.4 is 5.32 Å². The van der Waals surface area contributed by atoms with Crippen LogP contribution in [0.1, 0.15) is 21.7 Å². The maximum atomic E-state index is 9.68. The van der Waals surface area contributed by atoms with Crippen molar-refractivity contribution in [2.45, 2.75) is 27.3 Å². The number of phenolic OH excluding ortho intramolecular Hbond substituents is 1. The summed E-state index contributed by atoms with van der Waals surface area (Å²) in [6, 6.07) is 3.95. The number of benzene rings is 1. The Morgan fingerprint density at radius 1 is 1.18 bits per heavy atom. The van der Waals surface area contributed by atoms with E-state index in [4.69, 9.17) is 0 Å². The van der Waals surface area contributed by atoms with Crippen molar-refractivity contribution in [3.8, 4) is 5.75 Å². The number of phenols is 1. The molecule has 0 amide bonds. The van der Waals surface area contributed by atoms with Crippen LogP contribution in [0.15, 0.2) is 12.1 Å². The zero-order valence-electron chi connectivity index (χ0n) is 10.1. The molecular formula is C12H15N3OS. The van der Waals surface area contributed by atoms with Crippen molar-refractivity contribution < 1.29 is 5.11 Å². The summed E-state index contributed by atoms with van der Waals surface area (Å²) in [5.74, 6) is 0.375. The Morgan fingerprint density at radius 2 is 1.82 bits per heavy atom. The second kappa shape index (κ2) is 4.71. The number of hydrogen-bond donors (Lipinski definition) is 2. The lowest BCUT2D eigenvalue weighted by molar-refractivity contribution is 0.466. The molecule has 0 saturated heterocycles. The van der Waals surface area contributed by atoms with Crippen LogP contribution in [0.4, 0.5) is 5.13 Å². The van der Waals surface area contributed by atoms with E-state index in [1.165, 1.54) is 11.3 Å². The average Bonchev–Trinajstić information content (AvgIpc) is 2.69. The number of aromatic nitrogens is 2. The van der Waals surface area contributed by atoms with Crippen LogP contribution in [0.2, 0.25) is 0 Å². The summed E-state index contributed by atoms with van der Waals surface area (Å²) in [6.07, 6.45) is 0. The summed E-state index contributed by atoms with van der Waals surface area (Å²) in [5.41, 5.74) is 2.93. The smallest absolute Gasteiger partial charge is 0.205 e. The van der Waals surface area contributed by atoms with Crippen LogP contribution >= 0.6 is 11.3 Å². The van der Waals surface area contributed by atoms with E-state index in [0.29, 0.717) is 12.3 Å². The lowest BCUT2D eigenvalue weighted by Crippen LogP contribution is -2.00. The standard InChI is InChI=1S/C12H15N3OS/c1-7-4-10(5-8(2)11(7)16)6-13-12-15-14-9(3)17-12/h4-5,16H,6H2,1-3H3,(H,13,15). The molecule has 17 heavy (non-hydrogen) atoms. The highest BCUT2D eigenvalue weighted by atomic mass is 32.1. The Morgan fingerprint density at radius 3 is 2.35 bits per heavy atom. The van der Waals surface area contributed by atoms with E-state index in [2.05, 4.69) is 15.5 Å². The van der Waals surface area contributed by atoms with Gasteiger partial charge < -0.3 is 10.4 Å². The van der Waals surface area contributed by atoms with Crippen LogP contribution in [0, 0.1) is 20.8 Å². The minimum absolute atomic E-state index is 0.375. The van der Waals surface area contributed by atoms with E-state index < -0.39 is 0 Å². The van der Waals surface area contributed by atoms with Crippen molar-refractivity contribution in [1.29, 1.82) is 0 Å². The molecule has 0 radical (unpaired) electrons. The second-order valence-corrected chi connectivity index (χ2v) is 5.24. The third-order valence-electron chi connectivity index (χ3n) is 2.52. The summed E-state index contributed by atoms with van der Waals surface area (Å²) in [4.78, 5) is 0. The van der Waals surface area contributed by atoms with Crippen molar-refractivity contribution in [2.75, 3.05) is 5.32 Å². The average molecular weight is 249 g/mol. The molecule has 1 heterocycles. The van der Waals surface area contributed by atoms with Gasteiger partial charge in [0.25, 0.3) is 0 Å². The van der Waals surface area contributed by atoms with Crippen LogP contribution in [-0.4, -0.2) is 15.3 Å². The highest BCUT2D eigenvalue weighted by molar-refractivity contribution is 7.15. The summed E-state index contributed by atoms with van der Waals surface area (Å²) in [6.45, 7) is 6.43. The number of nitrogens with zero attached hydrogens (tertiary/aromatic N) is 2. The van der Waals surface area contributed by atoms with Gasteiger partial charge in [0.05, 0.1) is 0 Å². The molecule has 0 aliphatic rings. The van der Waals surface area contributed by atoms with Crippen molar-refractivity contribution in [3.05, 3.63) is 33.8 Å². The monoisotopic (exact) mass is 249 g/mol. The zero-order valence-corrected chi connectivity index (χ0v) is 10.9. The molecule has 0 atom stereocenters. The summed E-state index contributed by atoms with van der Waals surface area (Å²) in [5, 5.41) is 22.6. The lowest BCUT2D eigenvalue weighted by atomic mass is 10.1. The van der Waals surface area contributed by atoms with Crippen LogP contribution in [-0.2, 0) is 6.54 Å². The first-order chi connectivity index (χ1) is 8.06. The first-order valence-electron chi connectivity index (χ1n) is 5.39. The summed E-state index contributed by atoms with van der Waals surface area (Å²) in [7, 11) is 0. The Bertz CT molecular complexity index is 513. The number of aryl methyl sites for hydroxylation is 3. The molecule has 0 aliphatic heterocycles. The zero-order chi connectivity index (χ0) is 12.4. The molecule has 0 spiro atoms. The third-order valence-corrected chi connectivity index (χ3v) is 3.32. The summed E-state index contributed by atoms with van der Waals surface area (Å²) >= 11 is 1.54. The van der Waals surface area contributed by atoms with Gasteiger partial charge >= 0.3 is 0 Å². The third kappa shape index (κ3) is 2.74. The first kappa shape index (κ1) is 11.9. The Labute approximate surface area is 104 Å². The van der Waals surface area contributed by atoms with Crippen molar-refractivity contribution in [1.82, 2.24) is 10.2 Å². The fraction of sp³-hybridized carbons (Fsp3) is 0.333. The maximum Gasteiger partial charge on any atom is 0.205 e. The number of nitrogens with one attached hydrogen (secondary N) is 1. The van der Waals surface area contributed by atoms with Crippen molar-refractivity contribution in [2.24, 2.45) is 0 Å². The van der Waals surface area contributed by atoms with Crippen LogP contribution in [0.3, 0.4) is 0 Å². The molecule has 2 N–H and O–H groups in total. The van der Waals surface area contributed by atoms with Gasteiger partial charge in [-0.2, -0.15) is 0 Å². The first-order valence-corrected chi connectivity index (χ1v) is 6.21. The van der Waals surface area contributed by atoms with Gasteiger partial charge in [0.2, 0.25) is 5.13 Å². The quantitative estimate of drug-likeness (QED) is 0.878. The second-order valence-electron chi connectivity index (χ2n) is 4.06. The normalized spacial score (nSPS) is 10.5. The van der Waals surface area contributed by atoms with Gasteiger partial charge in [-0.3, -0.25) is 0 Å². The maximum absolute atomic E-state index is 9.68. The molecule has 2 rings (SSSR count). The molecule has 0 bridgehead atoms. The van der Waals surface area contributed by atoms with Crippen molar-refractivity contribution >= 4 is 16.5 Å². The van der Waals surface area contributed by atoms with Crippen LogP contribution in [0.25, 0.3) is 0 Å². The number of rotatable bonds is 3. The molecule has 4 nitrogen and oxygen atoms in total. The van der Waals surface area contributed by atoms with Gasteiger partial charge in [-0.05, 0) is 37.5 Å². The van der Waals surface area contributed by atoms with E-state index in [9.17, 15) is 5.11 Å². The Kier molecular flexibility index (Phi) is 3.28. The number of anilines is 1. The number of aromatic hydroxyl groups is 1. The number of hydrogen-bond acceptors (Lipinski definition) is 5. The SMILES string of the molecule is Cc1nnc(NCc2cc(C)c(O)c(C)c2)s1. The largest absolute Gasteiger partial charge is 0.507 e.